The first kappa shape index (κ1) is 21.4. The van der Waals surface area contributed by atoms with Crippen LogP contribution in [0.4, 0.5) is 10.6 Å². The zero-order chi connectivity index (χ0) is 21.8. The molecule has 9 nitrogen and oxygen atoms in total. The molecule has 30 heavy (non-hydrogen) atoms. The molecule has 0 radical (unpaired) electrons. The number of hydrogen-bond acceptors (Lipinski definition) is 7. The van der Waals surface area contributed by atoms with Crippen LogP contribution in [0.1, 0.15) is 19.4 Å². The molecule has 0 saturated carbocycles. The van der Waals surface area contributed by atoms with Crippen LogP contribution in [-0.4, -0.2) is 71.0 Å². The van der Waals surface area contributed by atoms with Crippen LogP contribution < -0.4 is 9.64 Å². The fourth-order valence-corrected chi connectivity index (χ4v) is 2.97. The molecule has 0 bridgehead atoms. The van der Waals surface area contributed by atoms with Crippen molar-refractivity contribution in [2.45, 2.75) is 26.9 Å². The number of anilines is 1. The summed E-state index contributed by atoms with van der Waals surface area (Å²) >= 11 is 0. The Bertz CT molecular complexity index is 1030. The highest BCUT2D eigenvalue weighted by atomic mass is 16.6. The van der Waals surface area contributed by atoms with Gasteiger partial charge in [0.2, 0.25) is 5.88 Å². The van der Waals surface area contributed by atoms with Crippen LogP contribution in [0.15, 0.2) is 30.7 Å². The number of ether oxygens (including phenoxy) is 2. The smallest absolute Gasteiger partial charge is 0.409 e. The van der Waals surface area contributed by atoms with Gasteiger partial charge in [-0.3, -0.25) is 0 Å². The number of methoxy groups -OCH3 is 1. The van der Waals surface area contributed by atoms with Crippen molar-refractivity contribution in [2.75, 3.05) is 39.2 Å². The molecule has 160 valence electrons. The maximum absolute atomic E-state index is 12.0. The first-order valence-electron chi connectivity index (χ1n) is 9.78. The Morgan fingerprint density at radius 3 is 2.67 bits per heavy atom. The summed E-state index contributed by atoms with van der Waals surface area (Å²) in [6.07, 6.45) is 4.92. The van der Waals surface area contributed by atoms with Crippen LogP contribution in [0.25, 0.3) is 16.8 Å². The molecule has 0 spiro atoms. The molecule has 3 heterocycles. The standard InChI is InChI=1S/C21H28N6O3/c1-14(2)30-21(28)26(5)10-9-25(4)18-7-8-27-19(24-18)17(13-23-27)16-11-15(3)12-22-20(16)29-6/h7-8,11-14H,9-10H2,1-6H3. The van der Waals surface area contributed by atoms with Gasteiger partial charge in [0.25, 0.3) is 0 Å². The van der Waals surface area contributed by atoms with Crippen LogP contribution >= 0.6 is 0 Å². The average Bonchev–Trinajstić information content (AvgIpc) is 3.14. The number of fused-ring (bicyclic) bond motifs is 1. The summed E-state index contributed by atoms with van der Waals surface area (Å²) in [6, 6.07) is 3.90. The summed E-state index contributed by atoms with van der Waals surface area (Å²) in [5, 5.41) is 4.41. The lowest BCUT2D eigenvalue weighted by Crippen LogP contribution is -2.36. The lowest BCUT2D eigenvalue weighted by Gasteiger charge is -2.23. The number of aromatic nitrogens is 4. The summed E-state index contributed by atoms with van der Waals surface area (Å²) in [7, 11) is 5.26. The molecular weight excluding hydrogens is 384 g/mol. The van der Waals surface area contributed by atoms with Crippen molar-refractivity contribution in [3.8, 4) is 17.0 Å². The number of pyridine rings is 1. The number of likely N-dealkylation sites (N-methyl/N-ethyl adjacent to an activating group) is 2. The second kappa shape index (κ2) is 8.98. The fraction of sp³-hybridized carbons (Fsp3) is 0.429. The Hall–Kier alpha value is -3.36. The highest BCUT2D eigenvalue weighted by Crippen LogP contribution is 2.31. The van der Waals surface area contributed by atoms with Crippen LogP contribution in [-0.2, 0) is 4.74 Å². The normalized spacial score (nSPS) is 11.0. The van der Waals surface area contributed by atoms with Crippen LogP contribution in [0.3, 0.4) is 0 Å². The van der Waals surface area contributed by atoms with Gasteiger partial charge in [-0.2, -0.15) is 5.10 Å². The minimum absolute atomic E-state index is 0.143. The van der Waals surface area contributed by atoms with Gasteiger partial charge in [-0.25, -0.2) is 19.3 Å². The summed E-state index contributed by atoms with van der Waals surface area (Å²) in [5.41, 5.74) is 3.42. The number of aryl methyl sites for hydroxylation is 1. The Balaban J connectivity index is 1.83. The van der Waals surface area contributed by atoms with Gasteiger partial charge < -0.3 is 19.3 Å². The SMILES string of the molecule is COc1ncc(C)cc1-c1cnn2ccc(N(C)CCN(C)C(=O)OC(C)C)nc12. The molecule has 0 fully saturated rings. The molecule has 0 unspecified atom stereocenters. The van der Waals surface area contributed by atoms with E-state index in [9.17, 15) is 4.79 Å². The van der Waals surface area contributed by atoms with Crippen molar-refractivity contribution in [1.82, 2.24) is 24.5 Å². The van der Waals surface area contributed by atoms with Crippen LogP contribution in [0, 0.1) is 6.92 Å². The Morgan fingerprint density at radius 2 is 1.97 bits per heavy atom. The maximum atomic E-state index is 12.0. The minimum Gasteiger partial charge on any atom is -0.481 e. The molecule has 0 aliphatic heterocycles. The highest BCUT2D eigenvalue weighted by Gasteiger charge is 2.17. The Labute approximate surface area is 176 Å². The van der Waals surface area contributed by atoms with Gasteiger partial charge in [0.1, 0.15) is 5.82 Å². The third-order valence-electron chi connectivity index (χ3n) is 4.64. The molecule has 0 aromatic carbocycles. The second-order valence-electron chi connectivity index (χ2n) is 7.46. The lowest BCUT2D eigenvalue weighted by molar-refractivity contribution is 0.0848. The molecule has 3 aromatic rings. The van der Waals surface area contributed by atoms with E-state index in [0.29, 0.717) is 24.6 Å². The predicted octanol–water partition coefficient (Wildman–Crippen LogP) is 3.02. The van der Waals surface area contributed by atoms with Gasteiger partial charge in [-0.1, -0.05) is 0 Å². The molecule has 1 amide bonds. The molecule has 0 atom stereocenters. The van der Waals surface area contributed by atoms with E-state index in [4.69, 9.17) is 14.5 Å². The van der Waals surface area contributed by atoms with E-state index >= 15 is 0 Å². The molecule has 0 saturated heterocycles. The minimum atomic E-state index is -0.334. The quantitative estimate of drug-likeness (QED) is 0.590. The fourth-order valence-electron chi connectivity index (χ4n) is 2.97. The third kappa shape index (κ3) is 4.61. The summed E-state index contributed by atoms with van der Waals surface area (Å²) in [4.78, 5) is 24.7. The first-order chi connectivity index (χ1) is 14.3. The third-order valence-corrected chi connectivity index (χ3v) is 4.64. The van der Waals surface area contributed by atoms with E-state index in [0.717, 1.165) is 22.5 Å². The van der Waals surface area contributed by atoms with Crippen molar-refractivity contribution in [2.24, 2.45) is 0 Å². The maximum Gasteiger partial charge on any atom is 0.409 e. The highest BCUT2D eigenvalue weighted by molar-refractivity contribution is 5.81. The number of rotatable bonds is 7. The molecule has 0 N–H and O–H groups in total. The number of carbonyl (C=O) groups excluding carboxylic acids is 1. The number of carbonyl (C=O) groups is 1. The van der Waals surface area contributed by atoms with E-state index in [2.05, 4.69) is 10.1 Å². The van der Waals surface area contributed by atoms with Crippen LogP contribution in [0.5, 0.6) is 5.88 Å². The topological polar surface area (TPSA) is 85.1 Å². The van der Waals surface area contributed by atoms with E-state index in [1.54, 1.807) is 36.0 Å². The molecule has 0 aliphatic rings. The van der Waals surface area contributed by atoms with E-state index in [1.807, 2.05) is 51.0 Å². The van der Waals surface area contributed by atoms with Crippen molar-refractivity contribution in [1.29, 1.82) is 0 Å². The van der Waals surface area contributed by atoms with Gasteiger partial charge in [0.05, 0.1) is 25.0 Å². The van der Waals surface area contributed by atoms with Gasteiger partial charge in [0.15, 0.2) is 5.65 Å². The monoisotopic (exact) mass is 412 g/mol. The van der Waals surface area contributed by atoms with Gasteiger partial charge in [-0.15, -0.1) is 0 Å². The second-order valence-corrected chi connectivity index (χ2v) is 7.46. The van der Waals surface area contributed by atoms with E-state index < -0.39 is 0 Å². The zero-order valence-electron chi connectivity index (χ0n) is 18.3. The number of hydrogen-bond donors (Lipinski definition) is 0. The van der Waals surface area contributed by atoms with Crippen molar-refractivity contribution >= 4 is 17.6 Å². The first-order valence-corrected chi connectivity index (χ1v) is 9.78. The van der Waals surface area contributed by atoms with Crippen LogP contribution in [0.2, 0.25) is 0 Å². The summed E-state index contributed by atoms with van der Waals surface area (Å²) < 4.78 is 12.4. The van der Waals surface area contributed by atoms with Gasteiger partial charge in [0, 0.05) is 45.1 Å². The molecular formula is C21H28N6O3. The Kier molecular flexibility index (Phi) is 6.39. The molecule has 9 heteroatoms. The predicted molar refractivity (Wildman–Crippen MR) is 115 cm³/mol. The lowest BCUT2D eigenvalue weighted by atomic mass is 10.1. The molecule has 0 aliphatic carbocycles. The zero-order valence-corrected chi connectivity index (χ0v) is 18.3. The Morgan fingerprint density at radius 1 is 1.20 bits per heavy atom. The largest absolute Gasteiger partial charge is 0.481 e. The van der Waals surface area contributed by atoms with E-state index in [-0.39, 0.29) is 12.2 Å². The summed E-state index contributed by atoms with van der Waals surface area (Å²) in [6.45, 7) is 6.76. The van der Waals surface area contributed by atoms with Crippen molar-refractivity contribution in [3.05, 3.63) is 36.3 Å². The van der Waals surface area contributed by atoms with E-state index in [1.165, 1.54) is 0 Å². The molecule has 3 aromatic heterocycles. The van der Waals surface area contributed by atoms with Crippen molar-refractivity contribution < 1.29 is 14.3 Å². The number of nitrogens with zero attached hydrogens (tertiary/aromatic N) is 6. The van der Waals surface area contributed by atoms with Gasteiger partial charge in [-0.05, 0) is 38.5 Å². The summed E-state index contributed by atoms with van der Waals surface area (Å²) in [5.74, 6) is 1.30. The average molecular weight is 412 g/mol. The van der Waals surface area contributed by atoms with Gasteiger partial charge >= 0.3 is 6.09 Å². The van der Waals surface area contributed by atoms with Crippen molar-refractivity contribution in [3.63, 3.8) is 0 Å². The molecule has 3 rings (SSSR count). The number of amides is 1.